The lowest BCUT2D eigenvalue weighted by Crippen LogP contribution is -2.07. The van der Waals surface area contributed by atoms with Gasteiger partial charge in [0.25, 0.3) is 0 Å². The van der Waals surface area contributed by atoms with E-state index in [1.54, 1.807) is 30.3 Å². The molecule has 0 atom stereocenters. The quantitative estimate of drug-likeness (QED) is 0.614. The molecule has 0 aliphatic rings. The van der Waals surface area contributed by atoms with Crippen molar-refractivity contribution < 1.29 is 22.7 Å². The number of halogens is 3. The molecular weight excluding hydrogens is 373 g/mol. The lowest BCUT2D eigenvalue weighted by Gasteiger charge is -2.11. The van der Waals surface area contributed by atoms with Crippen LogP contribution in [-0.2, 0) is 10.9 Å². The molecule has 1 heterocycles. The van der Waals surface area contributed by atoms with Crippen molar-refractivity contribution in [1.29, 1.82) is 0 Å². The molecule has 2 N–H and O–H groups in total. The number of carbonyl (C=O) groups excluding carboxylic acids is 1. The Bertz CT molecular complexity index is 975. The summed E-state index contributed by atoms with van der Waals surface area (Å²) in [5.74, 6) is 0.0707. The van der Waals surface area contributed by atoms with Crippen LogP contribution in [0.4, 0.5) is 36.3 Å². The molecule has 3 aromatic rings. The molecule has 2 aromatic carbocycles. The highest BCUT2D eigenvalue weighted by atomic mass is 19.4. The van der Waals surface area contributed by atoms with Gasteiger partial charge in [0.2, 0.25) is 5.95 Å². The van der Waals surface area contributed by atoms with Crippen LogP contribution < -0.4 is 10.6 Å². The first-order valence-electron chi connectivity index (χ1n) is 8.08. The third-order valence-electron chi connectivity index (χ3n) is 3.72. The second kappa shape index (κ2) is 7.95. The molecule has 3 rings (SSSR count). The first-order chi connectivity index (χ1) is 13.4. The van der Waals surface area contributed by atoms with Crippen molar-refractivity contribution in [3.8, 4) is 0 Å². The van der Waals surface area contributed by atoms with E-state index in [1.165, 1.54) is 25.4 Å². The van der Waals surface area contributed by atoms with Gasteiger partial charge in [-0.3, -0.25) is 0 Å². The molecule has 0 saturated heterocycles. The number of nitrogens with zero attached hydrogens (tertiary/aromatic N) is 2. The maximum atomic E-state index is 12.6. The van der Waals surface area contributed by atoms with Crippen LogP contribution in [0.1, 0.15) is 15.9 Å². The Balaban J connectivity index is 1.77. The molecule has 28 heavy (non-hydrogen) atoms. The van der Waals surface area contributed by atoms with Gasteiger partial charge in [-0.2, -0.15) is 18.2 Å². The van der Waals surface area contributed by atoms with Gasteiger partial charge in [0.1, 0.15) is 5.82 Å². The number of benzene rings is 2. The number of aromatic nitrogens is 2. The lowest BCUT2D eigenvalue weighted by molar-refractivity contribution is -0.137. The molecule has 144 valence electrons. The summed E-state index contributed by atoms with van der Waals surface area (Å²) in [5.41, 5.74) is 0.489. The first-order valence-corrected chi connectivity index (χ1v) is 8.08. The number of rotatable bonds is 5. The molecule has 6 nitrogen and oxygen atoms in total. The summed E-state index contributed by atoms with van der Waals surface area (Å²) in [6.45, 7) is 0. The third kappa shape index (κ3) is 4.56. The van der Waals surface area contributed by atoms with E-state index in [9.17, 15) is 18.0 Å². The van der Waals surface area contributed by atoms with Gasteiger partial charge in [-0.25, -0.2) is 9.78 Å². The molecule has 0 unspecified atom stereocenters. The van der Waals surface area contributed by atoms with Gasteiger partial charge in [0.15, 0.2) is 0 Å². The molecule has 1 aromatic heterocycles. The van der Waals surface area contributed by atoms with E-state index in [0.29, 0.717) is 22.8 Å². The summed E-state index contributed by atoms with van der Waals surface area (Å²) < 4.78 is 42.7. The average molecular weight is 388 g/mol. The van der Waals surface area contributed by atoms with E-state index in [0.717, 1.165) is 12.1 Å². The third-order valence-corrected chi connectivity index (χ3v) is 3.72. The summed E-state index contributed by atoms with van der Waals surface area (Å²) in [4.78, 5) is 20.1. The Morgan fingerprint density at radius 3 is 2.39 bits per heavy atom. The number of methoxy groups -OCH3 is 1. The standard InChI is InChI=1S/C19H15F3N4O2/c1-28-17(27)14-4-2-3-5-15(14)25-16-10-11-23-18(26-16)24-13-8-6-12(7-9-13)19(20,21)22/h2-11H,1H3,(H2,23,24,25,26). The largest absolute Gasteiger partial charge is 0.465 e. The minimum atomic E-state index is -4.40. The predicted octanol–water partition coefficient (Wildman–Crippen LogP) is 4.77. The topological polar surface area (TPSA) is 76.1 Å². The van der Waals surface area contributed by atoms with E-state index in [-0.39, 0.29) is 5.95 Å². The van der Waals surface area contributed by atoms with Gasteiger partial charge in [-0.05, 0) is 42.5 Å². The predicted molar refractivity (Wildman–Crippen MR) is 97.8 cm³/mol. The number of alkyl halides is 3. The number of hydrogen-bond donors (Lipinski definition) is 2. The summed E-state index contributed by atoms with van der Waals surface area (Å²) in [6.07, 6.45) is -2.92. The van der Waals surface area contributed by atoms with E-state index in [2.05, 4.69) is 20.6 Å². The normalized spacial score (nSPS) is 11.0. The number of nitrogens with one attached hydrogen (secondary N) is 2. The molecule has 0 spiro atoms. The maximum absolute atomic E-state index is 12.6. The first kappa shape index (κ1) is 19.2. The van der Waals surface area contributed by atoms with Crippen LogP contribution in [0, 0.1) is 0 Å². The summed E-state index contributed by atoms with van der Waals surface area (Å²) in [5, 5.41) is 5.84. The fraction of sp³-hybridized carbons (Fsp3) is 0.105. The van der Waals surface area contributed by atoms with Crippen LogP contribution in [-0.4, -0.2) is 23.0 Å². The van der Waals surface area contributed by atoms with Crippen LogP contribution in [0.2, 0.25) is 0 Å². The van der Waals surface area contributed by atoms with Crippen molar-refractivity contribution in [3.05, 3.63) is 71.9 Å². The van der Waals surface area contributed by atoms with E-state index < -0.39 is 17.7 Å². The second-order valence-corrected chi connectivity index (χ2v) is 5.63. The zero-order valence-corrected chi connectivity index (χ0v) is 14.6. The van der Waals surface area contributed by atoms with E-state index in [1.807, 2.05) is 0 Å². The highest BCUT2D eigenvalue weighted by Gasteiger charge is 2.29. The van der Waals surface area contributed by atoms with Crippen LogP contribution in [0.5, 0.6) is 0 Å². The van der Waals surface area contributed by atoms with E-state index in [4.69, 9.17) is 4.74 Å². The minimum absolute atomic E-state index is 0.181. The summed E-state index contributed by atoms with van der Waals surface area (Å²) >= 11 is 0. The van der Waals surface area contributed by atoms with Crippen molar-refractivity contribution in [1.82, 2.24) is 9.97 Å². The second-order valence-electron chi connectivity index (χ2n) is 5.63. The molecule has 0 saturated carbocycles. The van der Waals surface area contributed by atoms with E-state index >= 15 is 0 Å². The molecule has 0 fully saturated rings. The number of anilines is 4. The fourth-order valence-electron chi connectivity index (χ4n) is 2.38. The van der Waals surface area contributed by atoms with Gasteiger partial charge in [0, 0.05) is 11.9 Å². The average Bonchev–Trinajstić information content (AvgIpc) is 2.68. The maximum Gasteiger partial charge on any atom is 0.416 e. The van der Waals surface area contributed by atoms with Crippen molar-refractivity contribution in [3.63, 3.8) is 0 Å². The van der Waals surface area contributed by atoms with Crippen molar-refractivity contribution in [2.75, 3.05) is 17.7 Å². The van der Waals surface area contributed by atoms with Gasteiger partial charge in [0.05, 0.1) is 23.9 Å². The molecule has 0 aliphatic heterocycles. The molecule has 0 aliphatic carbocycles. The molecule has 0 radical (unpaired) electrons. The SMILES string of the molecule is COC(=O)c1ccccc1Nc1ccnc(Nc2ccc(C(F)(F)F)cc2)n1. The van der Waals surface area contributed by atoms with Gasteiger partial charge in [-0.15, -0.1) is 0 Å². The fourth-order valence-corrected chi connectivity index (χ4v) is 2.38. The number of ether oxygens (including phenoxy) is 1. The number of hydrogen-bond acceptors (Lipinski definition) is 6. The highest BCUT2D eigenvalue weighted by Crippen LogP contribution is 2.30. The molecule has 0 bridgehead atoms. The summed E-state index contributed by atoms with van der Waals surface area (Å²) in [6, 6.07) is 12.9. The van der Waals surface area contributed by atoms with Crippen LogP contribution in [0.15, 0.2) is 60.8 Å². The smallest absolute Gasteiger partial charge is 0.416 e. The number of para-hydroxylation sites is 1. The Kier molecular flexibility index (Phi) is 5.44. The monoisotopic (exact) mass is 388 g/mol. The molecule has 9 heteroatoms. The Hall–Kier alpha value is -3.62. The molecule has 0 amide bonds. The van der Waals surface area contributed by atoms with Crippen LogP contribution in [0.3, 0.4) is 0 Å². The van der Waals surface area contributed by atoms with Crippen LogP contribution >= 0.6 is 0 Å². The Labute approximate surface area is 158 Å². The van der Waals surface area contributed by atoms with Crippen LogP contribution in [0.25, 0.3) is 0 Å². The number of carbonyl (C=O) groups is 1. The van der Waals surface area contributed by atoms with Crippen molar-refractivity contribution in [2.45, 2.75) is 6.18 Å². The van der Waals surface area contributed by atoms with Crippen molar-refractivity contribution >= 4 is 29.1 Å². The zero-order valence-electron chi connectivity index (χ0n) is 14.6. The highest BCUT2D eigenvalue weighted by molar-refractivity contribution is 5.96. The Morgan fingerprint density at radius 1 is 1.00 bits per heavy atom. The van der Waals surface area contributed by atoms with Gasteiger partial charge < -0.3 is 15.4 Å². The van der Waals surface area contributed by atoms with Crippen molar-refractivity contribution in [2.24, 2.45) is 0 Å². The zero-order chi connectivity index (χ0) is 20.1. The minimum Gasteiger partial charge on any atom is -0.465 e. The van der Waals surface area contributed by atoms with Gasteiger partial charge >= 0.3 is 12.1 Å². The Morgan fingerprint density at radius 2 is 1.71 bits per heavy atom. The summed E-state index contributed by atoms with van der Waals surface area (Å²) in [7, 11) is 1.29. The lowest BCUT2D eigenvalue weighted by atomic mass is 10.2. The molecular formula is C19H15F3N4O2. The van der Waals surface area contributed by atoms with Gasteiger partial charge in [-0.1, -0.05) is 12.1 Å². The number of esters is 1.